The lowest BCUT2D eigenvalue weighted by molar-refractivity contribution is -0.122. The highest BCUT2D eigenvalue weighted by molar-refractivity contribution is 5.88. The zero-order valence-corrected chi connectivity index (χ0v) is 9.29. The van der Waals surface area contributed by atoms with Crippen LogP contribution in [0.3, 0.4) is 0 Å². The molecule has 1 aliphatic rings. The van der Waals surface area contributed by atoms with Gasteiger partial charge in [0.1, 0.15) is 12.4 Å². The molecule has 100 valence electrons. The van der Waals surface area contributed by atoms with Crippen LogP contribution < -0.4 is 16.0 Å². The van der Waals surface area contributed by atoms with Crippen LogP contribution in [0.2, 0.25) is 0 Å². The topological polar surface area (TPSA) is 71.0 Å². The van der Waals surface area contributed by atoms with Crippen molar-refractivity contribution in [1.29, 1.82) is 0 Å². The second kappa shape index (κ2) is 4.84. The summed E-state index contributed by atoms with van der Waals surface area (Å²) in [4.78, 5) is 11.3. The van der Waals surface area contributed by atoms with Crippen molar-refractivity contribution < 1.29 is 18.0 Å². The van der Waals surface area contributed by atoms with E-state index in [9.17, 15) is 18.0 Å². The van der Waals surface area contributed by atoms with Gasteiger partial charge in [0, 0.05) is 19.2 Å². The van der Waals surface area contributed by atoms with Crippen molar-refractivity contribution in [1.82, 2.24) is 20.4 Å². The highest BCUT2D eigenvalue weighted by atomic mass is 19.4. The summed E-state index contributed by atoms with van der Waals surface area (Å²) in [6, 6.07) is 0.755. The Morgan fingerprint density at radius 3 is 2.83 bits per heavy atom. The maximum atomic E-state index is 11.9. The number of aromatic nitrogens is 2. The third-order valence-electron chi connectivity index (χ3n) is 2.47. The van der Waals surface area contributed by atoms with Crippen LogP contribution >= 0.6 is 0 Å². The van der Waals surface area contributed by atoms with Crippen LogP contribution in [-0.2, 0) is 0 Å². The van der Waals surface area contributed by atoms with Crippen molar-refractivity contribution in [3.63, 3.8) is 0 Å². The van der Waals surface area contributed by atoms with Crippen molar-refractivity contribution in [3.05, 3.63) is 12.3 Å². The van der Waals surface area contributed by atoms with E-state index in [1.54, 1.807) is 10.00 Å². The fourth-order valence-electron chi connectivity index (χ4n) is 1.49. The highest BCUT2D eigenvalue weighted by Gasteiger charge is 2.28. The predicted molar refractivity (Wildman–Crippen MR) is 57.2 cm³/mol. The SMILES string of the molecule is O=C(NCC(F)(F)F)Nc1ccnn1C1CNC1. The van der Waals surface area contributed by atoms with E-state index in [0.29, 0.717) is 5.82 Å². The van der Waals surface area contributed by atoms with Crippen molar-refractivity contribution in [2.45, 2.75) is 12.2 Å². The van der Waals surface area contributed by atoms with Gasteiger partial charge in [0.15, 0.2) is 0 Å². The van der Waals surface area contributed by atoms with Crippen LogP contribution in [0.15, 0.2) is 12.3 Å². The Morgan fingerprint density at radius 2 is 2.28 bits per heavy atom. The van der Waals surface area contributed by atoms with Gasteiger partial charge in [0.05, 0.1) is 12.2 Å². The van der Waals surface area contributed by atoms with Gasteiger partial charge in [0.25, 0.3) is 0 Å². The molecule has 3 N–H and O–H groups in total. The van der Waals surface area contributed by atoms with Crippen LogP contribution in [0, 0.1) is 0 Å². The molecule has 2 rings (SSSR count). The van der Waals surface area contributed by atoms with Gasteiger partial charge in [-0.25, -0.2) is 9.48 Å². The molecule has 0 radical (unpaired) electrons. The molecular weight excluding hydrogens is 251 g/mol. The Bertz CT molecular complexity index is 426. The zero-order chi connectivity index (χ0) is 13.2. The number of rotatable bonds is 3. The minimum absolute atomic E-state index is 0.123. The summed E-state index contributed by atoms with van der Waals surface area (Å²) >= 11 is 0. The molecule has 6 nitrogen and oxygen atoms in total. The molecule has 0 aliphatic carbocycles. The number of hydrogen-bond donors (Lipinski definition) is 3. The Kier molecular flexibility index (Phi) is 3.41. The van der Waals surface area contributed by atoms with Gasteiger partial charge in [-0.3, -0.25) is 5.32 Å². The molecule has 2 heterocycles. The van der Waals surface area contributed by atoms with Gasteiger partial charge in [-0.05, 0) is 0 Å². The van der Waals surface area contributed by atoms with Gasteiger partial charge in [-0.2, -0.15) is 18.3 Å². The number of carbonyl (C=O) groups excluding carboxylic acids is 1. The van der Waals surface area contributed by atoms with Crippen LogP contribution in [0.5, 0.6) is 0 Å². The van der Waals surface area contributed by atoms with E-state index >= 15 is 0 Å². The smallest absolute Gasteiger partial charge is 0.329 e. The molecule has 0 saturated carbocycles. The molecule has 9 heteroatoms. The van der Waals surface area contributed by atoms with E-state index in [-0.39, 0.29) is 6.04 Å². The first kappa shape index (κ1) is 12.7. The number of alkyl halides is 3. The largest absolute Gasteiger partial charge is 0.405 e. The number of halogens is 3. The van der Waals surface area contributed by atoms with Crippen molar-refractivity contribution in [2.75, 3.05) is 25.0 Å². The molecule has 1 saturated heterocycles. The second-order valence-corrected chi connectivity index (χ2v) is 3.90. The first-order valence-corrected chi connectivity index (χ1v) is 5.31. The maximum Gasteiger partial charge on any atom is 0.405 e. The quantitative estimate of drug-likeness (QED) is 0.752. The van der Waals surface area contributed by atoms with E-state index < -0.39 is 18.8 Å². The monoisotopic (exact) mass is 263 g/mol. The summed E-state index contributed by atoms with van der Waals surface area (Å²) in [5, 5.41) is 11.1. The Balaban J connectivity index is 1.89. The number of nitrogens with one attached hydrogen (secondary N) is 3. The van der Waals surface area contributed by atoms with E-state index in [4.69, 9.17) is 0 Å². The fraction of sp³-hybridized carbons (Fsp3) is 0.556. The highest BCUT2D eigenvalue weighted by Crippen LogP contribution is 2.17. The van der Waals surface area contributed by atoms with Gasteiger partial charge in [0.2, 0.25) is 0 Å². The number of hydrogen-bond acceptors (Lipinski definition) is 3. The van der Waals surface area contributed by atoms with E-state index in [1.165, 1.54) is 12.3 Å². The normalized spacial score (nSPS) is 16.2. The van der Waals surface area contributed by atoms with Crippen molar-refractivity contribution >= 4 is 11.8 Å². The first-order chi connectivity index (χ1) is 8.46. The molecular formula is C9H12F3N5O. The lowest BCUT2D eigenvalue weighted by Gasteiger charge is -2.28. The summed E-state index contributed by atoms with van der Waals surface area (Å²) in [6.07, 6.45) is -2.94. The third-order valence-corrected chi connectivity index (χ3v) is 2.47. The predicted octanol–water partition coefficient (Wildman–Crippen LogP) is 0.711. The molecule has 1 aliphatic heterocycles. The minimum Gasteiger partial charge on any atom is -0.329 e. The van der Waals surface area contributed by atoms with Crippen LogP contribution in [-0.4, -0.2) is 41.6 Å². The molecule has 18 heavy (non-hydrogen) atoms. The lowest BCUT2D eigenvalue weighted by atomic mass is 10.2. The van der Waals surface area contributed by atoms with Gasteiger partial charge in [-0.1, -0.05) is 0 Å². The Labute approximate surface area is 101 Å². The molecule has 0 atom stereocenters. The average molecular weight is 263 g/mol. The Hall–Kier alpha value is -1.77. The molecule has 0 spiro atoms. The second-order valence-electron chi connectivity index (χ2n) is 3.90. The standard InChI is InChI=1S/C9H12F3N5O/c10-9(11,12)5-14-8(18)16-7-1-2-15-17(7)6-3-13-4-6/h1-2,6,13H,3-5H2,(H2,14,16,18). The van der Waals surface area contributed by atoms with Gasteiger partial charge in [-0.15, -0.1) is 0 Å². The molecule has 0 unspecified atom stereocenters. The van der Waals surface area contributed by atoms with E-state index in [1.807, 2.05) is 0 Å². The summed E-state index contributed by atoms with van der Waals surface area (Å²) in [6.45, 7) is 0.0824. The van der Waals surface area contributed by atoms with Crippen LogP contribution in [0.4, 0.5) is 23.8 Å². The minimum atomic E-state index is -4.42. The van der Waals surface area contributed by atoms with Crippen LogP contribution in [0.1, 0.15) is 6.04 Å². The van der Waals surface area contributed by atoms with Gasteiger partial charge >= 0.3 is 12.2 Å². The number of nitrogens with zero attached hydrogens (tertiary/aromatic N) is 2. The van der Waals surface area contributed by atoms with E-state index in [2.05, 4.69) is 15.7 Å². The number of anilines is 1. The molecule has 0 bridgehead atoms. The van der Waals surface area contributed by atoms with Crippen LogP contribution in [0.25, 0.3) is 0 Å². The fourth-order valence-corrected chi connectivity index (χ4v) is 1.49. The number of urea groups is 1. The van der Waals surface area contributed by atoms with Crippen molar-refractivity contribution in [3.8, 4) is 0 Å². The summed E-state index contributed by atoms with van der Waals surface area (Å²) < 4.78 is 37.3. The molecule has 0 aromatic carbocycles. The van der Waals surface area contributed by atoms with Crippen molar-refractivity contribution in [2.24, 2.45) is 0 Å². The third kappa shape index (κ3) is 3.13. The molecule has 1 fully saturated rings. The lowest BCUT2D eigenvalue weighted by Crippen LogP contribution is -2.44. The van der Waals surface area contributed by atoms with E-state index in [0.717, 1.165) is 13.1 Å². The first-order valence-electron chi connectivity index (χ1n) is 5.31. The summed E-state index contributed by atoms with van der Waals surface area (Å²) in [5.74, 6) is 0.376. The summed E-state index contributed by atoms with van der Waals surface area (Å²) in [7, 11) is 0. The number of amides is 2. The zero-order valence-electron chi connectivity index (χ0n) is 9.29. The van der Waals surface area contributed by atoms with Gasteiger partial charge < -0.3 is 10.6 Å². The summed E-state index contributed by atoms with van der Waals surface area (Å²) in [5.41, 5.74) is 0. The maximum absolute atomic E-state index is 11.9. The number of carbonyl (C=O) groups is 1. The Morgan fingerprint density at radius 1 is 1.56 bits per heavy atom. The molecule has 1 aromatic heterocycles. The molecule has 2 amide bonds. The average Bonchev–Trinajstić information content (AvgIpc) is 2.60. The molecule has 1 aromatic rings.